The molecule has 0 fully saturated rings. The number of para-hydroxylation sites is 1. The molecule has 11 nitrogen and oxygen atoms in total. The number of carbonyl (C=O) groups is 2. The topological polar surface area (TPSA) is 175 Å². The number of benzene rings is 1. The Kier molecular flexibility index (Phi) is 10.7. The third-order valence-corrected chi connectivity index (χ3v) is 4.87. The van der Waals surface area contributed by atoms with Gasteiger partial charge >= 0.3 is 19.8 Å². The third kappa shape index (κ3) is 9.04. The van der Waals surface area contributed by atoms with Crippen molar-refractivity contribution in [3.8, 4) is 5.75 Å². The van der Waals surface area contributed by atoms with Crippen LogP contribution in [0.2, 0.25) is 0 Å². The number of phenols is 1. The Bertz CT molecular complexity index is 771. The van der Waals surface area contributed by atoms with E-state index in [9.17, 15) is 24.2 Å². The minimum atomic E-state index is -4.69. The molecule has 1 aromatic carbocycles. The molecule has 4 atom stereocenters. The van der Waals surface area contributed by atoms with E-state index < -0.39 is 44.6 Å². The van der Waals surface area contributed by atoms with Crippen molar-refractivity contribution in [2.45, 2.75) is 31.1 Å². The Balaban J connectivity index is 2.56. The van der Waals surface area contributed by atoms with Crippen LogP contribution >= 0.6 is 7.82 Å². The van der Waals surface area contributed by atoms with Crippen molar-refractivity contribution >= 4 is 19.8 Å². The fraction of sp³-hybridized carbons (Fsp3) is 0.444. The number of esters is 1. The molecule has 0 bridgehead atoms. The maximum absolute atomic E-state index is 12.0. The standard InChI is InChI=1S/C18H26NO10P/c1-3-15(29-30(24,25)28-10-13(19)18(22)23)16(26-2)11-27-17(21)9-8-12-6-4-5-7-14(12)20/h3-7,13,15-16,20H,1,8-11,19H2,2H3,(H,22,23)(H,24,25)/t13-,15?,16?/m0/s1. The van der Waals surface area contributed by atoms with Gasteiger partial charge in [0.15, 0.2) is 0 Å². The average Bonchev–Trinajstić information content (AvgIpc) is 2.70. The van der Waals surface area contributed by atoms with Gasteiger partial charge in [0.05, 0.1) is 6.61 Å². The number of aliphatic carboxylic acids is 1. The summed E-state index contributed by atoms with van der Waals surface area (Å²) in [6.45, 7) is 2.39. The molecular formula is C18H26NO10P. The van der Waals surface area contributed by atoms with Gasteiger partial charge in [-0.2, -0.15) is 0 Å². The van der Waals surface area contributed by atoms with Crippen molar-refractivity contribution in [3.63, 3.8) is 0 Å². The van der Waals surface area contributed by atoms with E-state index in [4.69, 9.17) is 24.8 Å². The summed E-state index contributed by atoms with van der Waals surface area (Å²) in [5.74, 6) is -1.93. The number of nitrogens with two attached hydrogens (primary N) is 1. The van der Waals surface area contributed by atoms with Gasteiger partial charge in [-0.15, -0.1) is 6.58 Å². The highest BCUT2D eigenvalue weighted by molar-refractivity contribution is 7.47. The molecule has 0 aliphatic rings. The van der Waals surface area contributed by atoms with E-state index in [0.29, 0.717) is 5.56 Å². The Morgan fingerprint density at radius 3 is 2.53 bits per heavy atom. The second-order valence-corrected chi connectivity index (χ2v) is 7.51. The molecule has 0 heterocycles. The molecule has 0 aliphatic heterocycles. The van der Waals surface area contributed by atoms with Gasteiger partial charge in [-0.3, -0.25) is 18.6 Å². The van der Waals surface area contributed by atoms with Gasteiger partial charge in [0.1, 0.15) is 30.6 Å². The summed E-state index contributed by atoms with van der Waals surface area (Å²) in [4.78, 5) is 32.3. The molecular weight excluding hydrogens is 421 g/mol. The van der Waals surface area contributed by atoms with E-state index in [1.807, 2.05) is 0 Å². The zero-order chi connectivity index (χ0) is 22.7. The molecule has 3 unspecified atom stereocenters. The summed E-state index contributed by atoms with van der Waals surface area (Å²) in [7, 11) is -3.43. The number of aromatic hydroxyl groups is 1. The number of phosphoric acid groups is 1. The van der Waals surface area contributed by atoms with E-state index in [0.717, 1.165) is 6.08 Å². The number of hydrogen-bond donors (Lipinski definition) is 4. The summed E-state index contributed by atoms with van der Waals surface area (Å²) < 4.78 is 31.7. The Morgan fingerprint density at radius 1 is 1.30 bits per heavy atom. The number of ether oxygens (including phenoxy) is 2. The normalized spacial score (nSPS) is 16.1. The zero-order valence-corrected chi connectivity index (χ0v) is 17.3. The number of methoxy groups -OCH3 is 1. The van der Waals surface area contributed by atoms with Crippen LogP contribution < -0.4 is 5.73 Å². The van der Waals surface area contributed by atoms with E-state index in [-0.39, 0.29) is 25.2 Å². The number of aryl methyl sites for hydroxylation is 1. The van der Waals surface area contributed by atoms with Gasteiger partial charge in [-0.25, -0.2) is 4.57 Å². The van der Waals surface area contributed by atoms with E-state index >= 15 is 0 Å². The number of carboxylic acid groups (broad SMARTS) is 1. The van der Waals surface area contributed by atoms with Crippen LogP contribution in [0.3, 0.4) is 0 Å². The molecule has 0 aromatic heterocycles. The van der Waals surface area contributed by atoms with Crippen LogP contribution in [0.1, 0.15) is 12.0 Å². The Hall–Kier alpha value is -2.27. The predicted molar refractivity (Wildman–Crippen MR) is 105 cm³/mol. The zero-order valence-electron chi connectivity index (χ0n) is 16.4. The minimum Gasteiger partial charge on any atom is -0.508 e. The largest absolute Gasteiger partial charge is 0.508 e. The molecule has 0 saturated heterocycles. The fourth-order valence-electron chi connectivity index (χ4n) is 2.20. The van der Waals surface area contributed by atoms with Crippen LogP contribution in [0.4, 0.5) is 0 Å². The van der Waals surface area contributed by atoms with E-state index in [1.54, 1.807) is 18.2 Å². The summed E-state index contributed by atoms with van der Waals surface area (Å²) in [6, 6.07) is 5.06. The highest BCUT2D eigenvalue weighted by Gasteiger charge is 2.32. The molecule has 5 N–H and O–H groups in total. The lowest BCUT2D eigenvalue weighted by Gasteiger charge is -2.25. The molecule has 0 aliphatic carbocycles. The lowest BCUT2D eigenvalue weighted by Crippen LogP contribution is -2.36. The highest BCUT2D eigenvalue weighted by atomic mass is 31.2. The van der Waals surface area contributed by atoms with E-state index in [2.05, 4.69) is 11.1 Å². The number of carboxylic acids is 1. The van der Waals surface area contributed by atoms with Gasteiger partial charge in [-0.05, 0) is 18.1 Å². The highest BCUT2D eigenvalue weighted by Crippen LogP contribution is 2.45. The van der Waals surface area contributed by atoms with Crippen molar-refractivity contribution in [2.75, 3.05) is 20.3 Å². The van der Waals surface area contributed by atoms with Crippen LogP contribution in [-0.2, 0) is 39.1 Å². The molecule has 0 spiro atoms. The number of hydrogen-bond acceptors (Lipinski definition) is 9. The first-order valence-electron chi connectivity index (χ1n) is 8.81. The molecule has 1 aromatic rings. The molecule has 0 saturated carbocycles. The summed E-state index contributed by atoms with van der Waals surface area (Å²) in [5, 5.41) is 18.4. The van der Waals surface area contributed by atoms with Crippen LogP contribution in [-0.4, -0.2) is 65.6 Å². The number of phosphoric ester groups is 1. The molecule has 12 heteroatoms. The number of carbonyl (C=O) groups excluding carboxylic acids is 1. The monoisotopic (exact) mass is 447 g/mol. The summed E-state index contributed by atoms with van der Waals surface area (Å²) in [5.41, 5.74) is 5.79. The maximum Gasteiger partial charge on any atom is 0.472 e. The molecule has 30 heavy (non-hydrogen) atoms. The Morgan fingerprint density at radius 2 is 1.97 bits per heavy atom. The van der Waals surface area contributed by atoms with Crippen LogP contribution in [0.25, 0.3) is 0 Å². The molecule has 0 amide bonds. The van der Waals surface area contributed by atoms with Crippen molar-refractivity contribution < 1.29 is 47.8 Å². The lowest BCUT2D eigenvalue weighted by atomic mass is 10.1. The minimum absolute atomic E-state index is 0.0116. The maximum atomic E-state index is 12.0. The number of phenolic OH excluding ortho intramolecular Hbond substituents is 1. The third-order valence-electron chi connectivity index (χ3n) is 3.89. The van der Waals surface area contributed by atoms with Gasteiger partial charge in [0, 0.05) is 13.5 Å². The first-order valence-corrected chi connectivity index (χ1v) is 10.3. The van der Waals surface area contributed by atoms with Crippen LogP contribution in [0.5, 0.6) is 5.75 Å². The first kappa shape index (κ1) is 25.8. The quantitative estimate of drug-likeness (QED) is 0.182. The van der Waals surface area contributed by atoms with E-state index in [1.165, 1.54) is 13.2 Å². The van der Waals surface area contributed by atoms with Gasteiger partial charge in [-0.1, -0.05) is 24.3 Å². The lowest BCUT2D eigenvalue weighted by molar-refractivity contribution is -0.149. The van der Waals surface area contributed by atoms with Crippen LogP contribution in [0, 0.1) is 0 Å². The molecule has 0 radical (unpaired) electrons. The van der Waals surface area contributed by atoms with Crippen molar-refractivity contribution in [2.24, 2.45) is 5.73 Å². The van der Waals surface area contributed by atoms with Gasteiger partial charge < -0.3 is 30.3 Å². The van der Waals surface area contributed by atoms with Gasteiger partial charge in [0.25, 0.3) is 0 Å². The fourth-order valence-corrected chi connectivity index (χ4v) is 3.14. The average molecular weight is 447 g/mol. The Labute approximate surface area is 173 Å². The van der Waals surface area contributed by atoms with Crippen LogP contribution in [0.15, 0.2) is 36.9 Å². The summed E-state index contributed by atoms with van der Waals surface area (Å²) >= 11 is 0. The SMILES string of the molecule is C=CC(OP(=O)(O)OC[C@H](N)C(=O)O)C(COC(=O)CCc1ccccc1O)OC. The van der Waals surface area contributed by atoms with Gasteiger partial charge in [0.2, 0.25) is 0 Å². The second-order valence-electron chi connectivity index (χ2n) is 6.10. The second kappa shape index (κ2) is 12.4. The number of rotatable bonds is 14. The first-order chi connectivity index (χ1) is 14.1. The van der Waals surface area contributed by atoms with Crippen molar-refractivity contribution in [1.82, 2.24) is 0 Å². The van der Waals surface area contributed by atoms with Crippen molar-refractivity contribution in [1.29, 1.82) is 0 Å². The molecule has 168 valence electrons. The predicted octanol–water partition coefficient (Wildman–Crippen LogP) is 0.983. The van der Waals surface area contributed by atoms with Crippen molar-refractivity contribution in [3.05, 3.63) is 42.5 Å². The smallest absolute Gasteiger partial charge is 0.472 e. The molecule has 1 rings (SSSR count). The summed E-state index contributed by atoms with van der Waals surface area (Å²) in [6.07, 6.45) is -0.810.